The van der Waals surface area contributed by atoms with Gasteiger partial charge < -0.3 is 0 Å². The number of rotatable bonds is 4. The molecule has 3 rings (SSSR count). The molecule has 24 heavy (non-hydrogen) atoms. The Bertz CT molecular complexity index is 1030. The number of nitrogens with one attached hydrogen (secondary N) is 2. The topological polar surface area (TPSA) is 112 Å². The van der Waals surface area contributed by atoms with Gasteiger partial charge in [-0.3, -0.25) is 9.82 Å². The molecule has 0 unspecified atom stereocenters. The molecule has 0 saturated carbocycles. The van der Waals surface area contributed by atoms with Crippen molar-refractivity contribution in [3.05, 3.63) is 60.2 Å². The summed E-state index contributed by atoms with van der Waals surface area (Å²) in [5, 5.41) is 15.4. The SMILES string of the molecule is N#Cc1c(F)cccc1S(=O)(=O)Nc1cccc(-c2ncn[nH]2)c1. The molecule has 3 aromatic rings. The zero-order chi connectivity index (χ0) is 17.2. The van der Waals surface area contributed by atoms with Crippen LogP contribution in [0.2, 0.25) is 0 Å². The van der Waals surface area contributed by atoms with Crippen LogP contribution in [0, 0.1) is 17.1 Å². The van der Waals surface area contributed by atoms with Crippen molar-refractivity contribution in [3.8, 4) is 17.5 Å². The van der Waals surface area contributed by atoms with Gasteiger partial charge in [-0.05, 0) is 24.3 Å². The van der Waals surface area contributed by atoms with E-state index in [1.54, 1.807) is 24.3 Å². The molecule has 0 spiro atoms. The van der Waals surface area contributed by atoms with E-state index in [9.17, 15) is 12.8 Å². The van der Waals surface area contributed by atoms with E-state index >= 15 is 0 Å². The quantitative estimate of drug-likeness (QED) is 0.755. The minimum atomic E-state index is -4.12. The first-order valence-electron chi connectivity index (χ1n) is 6.68. The number of sulfonamides is 1. The molecule has 0 aliphatic rings. The lowest BCUT2D eigenvalue weighted by atomic mass is 10.2. The molecule has 0 radical (unpaired) electrons. The summed E-state index contributed by atoms with van der Waals surface area (Å²) in [6.07, 6.45) is 1.33. The van der Waals surface area contributed by atoms with Gasteiger partial charge in [0, 0.05) is 11.3 Å². The number of aromatic amines is 1. The summed E-state index contributed by atoms with van der Waals surface area (Å²) in [7, 11) is -4.12. The molecule has 0 fully saturated rings. The summed E-state index contributed by atoms with van der Waals surface area (Å²) in [4.78, 5) is 3.56. The summed E-state index contributed by atoms with van der Waals surface area (Å²) in [5.74, 6) is -0.421. The van der Waals surface area contributed by atoms with Gasteiger partial charge in [-0.15, -0.1) is 0 Å². The Morgan fingerprint density at radius 3 is 2.71 bits per heavy atom. The first kappa shape index (κ1) is 15.6. The largest absolute Gasteiger partial charge is 0.280 e. The van der Waals surface area contributed by atoms with Gasteiger partial charge in [-0.25, -0.2) is 17.8 Å². The number of H-pyrrole nitrogens is 1. The van der Waals surface area contributed by atoms with E-state index in [1.807, 2.05) is 0 Å². The number of hydrogen-bond donors (Lipinski definition) is 2. The van der Waals surface area contributed by atoms with Crippen LogP contribution in [0.4, 0.5) is 10.1 Å². The molecule has 2 aromatic carbocycles. The van der Waals surface area contributed by atoms with Gasteiger partial charge in [0.15, 0.2) is 5.82 Å². The third-order valence-corrected chi connectivity index (χ3v) is 4.60. The monoisotopic (exact) mass is 343 g/mol. The van der Waals surface area contributed by atoms with Gasteiger partial charge in [0.2, 0.25) is 0 Å². The second-order valence-electron chi connectivity index (χ2n) is 4.75. The molecule has 0 bridgehead atoms. The lowest BCUT2D eigenvalue weighted by Gasteiger charge is -2.10. The second kappa shape index (κ2) is 6.10. The second-order valence-corrected chi connectivity index (χ2v) is 6.40. The Kier molecular flexibility index (Phi) is 3.97. The van der Waals surface area contributed by atoms with E-state index in [2.05, 4.69) is 19.9 Å². The number of benzene rings is 2. The van der Waals surface area contributed by atoms with Gasteiger partial charge >= 0.3 is 0 Å². The fraction of sp³-hybridized carbons (Fsp3) is 0. The molecule has 7 nitrogen and oxygen atoms in total. The third kappa shape index (κ3) is 2.95. The average Bonchev–Trinajstić information content (AvgIpc) is 3.09. The molecule has 1 aromatic heterocycles. The van der Waals surface area contributed by atoms with Crippen LogP contribution in [0.25, 0.3) is 11.4 Å². The summed E-state index contributed by atoms with van der Waals surface area (Å²) in [6.45, 7) is 0. The molecular weight excluding hydrogens is 333 g/mol. The molecule has 1 heterocycles. The maximum atomic E-state index is 13.6. The fourth-order valence-electron chi connectivity index (χ4n) is 2.12. The summed E-state index contributed by atoms with van der Waals surface area (Å²) in [5.41, 5.74) is 0.334. The molecule has 0 aliphatic carbocycles. The summed E-state index contributed by atoms with van der Waals surface area (Å²) in [6, 6.07) is 11.4. The number of aromatic nitrogens is 3. The molecular formula is C15H10FN5O2S. The third-order valence-electron chi connectivity index (χ3n) is 3.18. The molecule has 2 N–H and O–H groups in total. The van der Waals surface area contributed by atoms with Gasteiger partial charge in [0.1, 0.15) is 28.7 Å². The highest BCUT2D eigenvalue weighted by atomic mass is 32.2. The molecule has 9 heteroatoms. The lowest BCUT2D eigenvalue weighted by Crippen LogP contribution is -2.15. The van der Waals surface area contributed by atoms with E-state index in [1.165, 1.54) is 24.5 Å². The summed E-state index contributed by atoms with van der Waals surface area (Å²) >= 11 is 0. The van der Waals surface area contributed by atoms with Crippen molar-refractivity contribution in [2.45, 2.75) is 4.90 Å². The van der Waals surface area contributed by atoms with Gasteiger partial charge in [0.25, 0.3) is 10.0 Å². The van der Waals surface area contributed by atoms with E-state index in [0.717, 1.165) is 6.07 Å². The highest BCUT2D eigenvalue weighted by molar-refractivity contribution is 7.92. The average molecular weight is 343 g/mol. The van der Waals surface area contributed by atoms with Gasteiger partial charge in [-0.2, -0.15) is 10.4 Å². The first-order valence-corrected chi connectivity index (χ1v) is 8.17. The van der Waals surface area contributed by atoms with Crippen molar-refractivity contribution in [1.82, 2.24) is 15.2 Å². The van der Waals surface area contributed by atoms with Crippen molar-refractivity contribution in [2.75, 3.05) is 4.72 Å². The zero-order valence-corrected chi connectivity index (χ0v) is 12.9. The molecule has 0 aliphatic heterocycles. The van der Waals surface area contributed by atoms with E-state index in [-0.39, 0.29) is 5.69 Å². The van der Waals surface area contributed by atoms with Crippen LogP contribution >= 0.6 is 0 Å². The maximum Gasteiger partial charge on any atom is 0.263 e. The number of nitrogens with zero attached hydrogens (tertiary/aromatic N) is 3. The Balaban J connectivity index is 1.98. The van der Waals surface area contributed by atoms with Crippen molar-refractivity contribution < 1.29 is 12.8 Å². The van der Waals surface area contributed by atoms with Gasteiger partial charge in [0.05, 0.1) is 0 Å². The Labute approximate surface area is 136 Å². The standard InChI is InChI=1S/C15H10FN5O2S/c16-13-5-2-6-14(12(13)8-17)24(22,23)21-11-4-1-3-10(7-11)15-18-9-19-20-15/h1-7,9,21H,(H,18,19,20). The van der Waals surface area contributed by atoms with E-state index in [4.69, 9.17) is 5.26 Å². The van der Waals surface area contributed by atoms with Crippen LogP contribution in [0.15, 0.2) is 53.7 Å². The Morgan fingerprint density at radius 1 is 1.21 bits per heavy atom. The number of halogens is 1. The maximum absolute atomic E-state index is 13.6. The van der Waals surface area contributed by atoms with Crippen LogP contribution in [-0.4, -0.2) is 23.6 Å². The van der Waals surface area contributed by atoms with Crippen molar-refractivity contribution >= 4 is 15.7 Å². The van der Waals surface area contributed by atoms with Crippen LogP contribution in [0.1, 0.15) is 5.56 Å². The predicted molar refractivity (Wildman–Crippen MR) is 83.7 cm³/mol. The van der Waals surface area contributed by atoms with Crippen molar-refractivity contribution in [2.24, 2.45) is 0 Å². The van der Waals surface area contributed by atoms with Crippen LogP contribution in [0.3, 0.4) is 0 Å². The fourth-order valence-corrected chi connectivity index (χ4v) is 3.34. The first-order chi connectivity index (χ1) is 11.5. The normalized spacial score (nSPS) is 11.0. The van der Waals surface area contributed by atoms with Crippen LogP contribution < -0.4 is 4.72 Å². The summed E-state index contributed by atoms with van der Waals surface area (Å²) < 4.78 is 40.9. The van der Waals surface area contributed by atoms with Crippen molar-refractivity contribution in [3.63, 3.8) is 0 Å². The molecule has 120 valence electrons. The predicted octanol–water partition coefficient (Wildman–Crippen LogP) is 2.28. The number of nitriles is 1. The van der Waals surface area contributed by atoms with Crippen LogP contribution in [-0.2, 0) is 10.0 Å². The number of anilines is 1. The van der Waals surface area contributed by atoms with Gasteiger partial charge in [-0.1, -0.05) is 18.2 Å². The van der Waals surface area contributed by atoms with E-state index < -0.39 is 26.3 Å². The Morgan fingerprint density at radius 2 is 2.00 bits per heavy atom. The highest BCUT2D eigenvalue weighted by Crippen LogP contribution is 2.24. The van der Waals surface area contributed by atoms with E-state index in [0.29, 0.717) is 11.4 Å². The molecule has 0 saturated heterocycles. The lowest BCUT2D eigenvalue weighted by molar-refractivity contribution is 0.593. The number of hydrogen-bond acceptors (Lipinski definition) is 5. The highest BCUT2D eigenvalue weighted by Gasteiger charge is 2.21. The molecule has 0 amide bonds. The zero-order valence-electron chi connectivity index (χ0n) is 12.1. The van der Waals surface area contributed by atoms with Crippen LogP contribution in [0.5, 0.6) is 0 Å². The smallest absolute Gasteiger partial charge is 0.263 e. The minimum Gasteiger partial charge on any atom is -0.280 e. The molecule has 0 atom stereocenters. The Hall–Kier alpha value is -3.25. The van der Waals surface area contributed by atoms with Crippen molar-refractivity contribution in [1.29, 1.82) is 5.26 Å². The minimum absolute atomic E-state index is 0.247.